The topological polar surface area (TPSA) is 51.2 Å². The zero-order chi connectivity index (χ0) is 9.19. The normalized spacial score (nSPS) is 25.8. The molecule has 0 spiro atoms. The molecule has 0 aromatic heterocycles. The van der Waals surface area contributed by atoms with Crippen molar-refractivity contribution in [1.82, 2.24) is 0 Å². The molecule has 12 heavy (non-hydrogen) atoms. The van der Waals surface area contributed by atoms with Gasteiger partial charge in [-0.25, -0.2) is 8.42 Å². The fraction of sp³-hybridized carbons (Fsp3) is 0.875. The van der Waals surface area contributed by atoms with E-state index in [1.165, 1.54) is 6.26 Å². The van der Waals surface area contributed by atoms with Crippen LogP contribution in [-0.4, -0.2) is 26.2 Å². The largest absolute Gasteiger partial charge is 0.299 e. The molecule has 3 nitrogen and oxygen atoms in total. The van der Waals surface area contributed by atoms with E-state index >= 15 is 0 Å². The Bertz CT molecular complexity index is 266. The van der Waals surface area contributed by atoms with E-state index in [-0.39, 0.29) is 17.5 Å². The Labute approximate surface area is 73.1 Å². The molecule has 0 aromatic carbocycles. The van der Waals surface area contributed by atoms with Crippen molar-refractivity contribution >= 4 is 15.6 Å². The molecule has 0 amide bonds. The average Bonchev–Trinajstić information content (AvgIpc) is 1.91. The van der Waals surface area contributed by atoms with Crippen LogP contribution < -0.4 is 0 Å². The summed E-state index contributed by atoms with van der Waals surface area (Å²) >= 11 is 0. The first-order valence-electron chi connectivity index (χ1n) is 4.19. The van der Waals surface area contributed by atoms with Crippen LogP contribution in [0.15, 0.2) is 0 Å². The van der Waals surface area contributed by atoms with Crippen molar-refractivity contribution in [1.29, 1.82) is 0 Å². The zero-order valence-corrected chi connectivity index (χ0v) is 8.06. The third-order valence-corrected chi connectivity index (χ3v) is 3.19. The van der Waals surface area contributed by atoms with E-state index < -0.39 is 9.84 Å². The lowest BCUT2D eigenvalue weighted by atomic mass is 9.89. The van der Waals surface area contributed by atoms with Crippen LogP contribution >= 0.6 is 0 Å². The molecule has 0 aromatic rings. The lowest BCUT2D eigenvalue weighted by Gasteiger charge is -2.18. The molecular weight excluding hydrogens is 176 g/mol. The molecule has 0 saturated heterocycles. The minimum Gasteiger partial charge on any atom is -0.299 e. The Balaban J connectivity index is 2.56. The summed E-state index contributed by atoms with van der Waals surface area (Å²) in [5.41, 5.74) is 0. The van der Waals surface area contributed by atoms with E-state index in [9.17, 15) is 13.2 Å². The minimum absolute atomic E-state index is 0.0475. The van der Waals surface area contributed by atoms with Crippen molar-refractivity contribution in [2.45, 2.75) is 25.7 Å². The number of hydrogen-bond acceptors (Lipinski definition) is 3. The average molecular weight is 190 g/mol. The van der Waals surface area contributed by atoms with Crippen molar-refractivity contribution in [2.24, 2.45) is 5.92 Å². The lowest BCUT2D eigenvalue weighted by molar-refractivity contribution is -0.123. The molecule has 0 N–H and O–H groups in total. The third kappa shape index (κ3) is 2.93. The van der Waals surface area contributed by atoms with Gasteiger partial charge < -0.3 is 0 Å². The van der Waals surface area contributed by atoms with E-state index in [0.29, 0.717) is 6.42 Å². The van der Waals surface area contributed by atoms with Crippen molar-refractivity contribution in [3.8, 4) is 0 Å². The maximum absolute atomic E-state index is 11.2. The molecule has 1 aliphatic rings. The standard InChI is InChI=1S/C8H14O3S/c1-12(10,11)6-7-4-2-3-5-8(7)9/h7H,2-6H2,1H3. The second kappa shape index (κ2) is 3.56. The highest BCUT2D eigenvalue weighted by Crippen LogP contribution is 2.21. The van der Waals surface area contributed by atoms with Gasteiger partial charge in [0.25, 0.3) is 0 Å². The SMILES string of the molecule is CS(=O)(=O)CC1CCCCC1=O. The first-order valence-corrected chi connectivity index (χ1v) is 6.25. The number of carbonyl (C=O) groups excluding carboxylic acids is 1. The summed E-state index contributed by atoms with van der Waals surface area (Å²) < 4.78 is 21.8. The third-order valence-electron chi connectivity index (χ3n) is 2.19. The molecule has 70 valence electrons. The molecule has 1 atom stereocenters. The molecule has 4 heteroatoms. The van der Waals surface area contributed by atoms with Gasteiger partial charge in [0.1, 0.15) is 15.6 Å². The summed E-state index contributed by atoms with van der Waals surface area (Å²) in [7, 11) is -2.98. The number of ketones is 1. The highest BCUT2D eigenvalue weighted by Gasteiger charge is 2.25. The van der Waals surface area contributed by atoms with Gasteiger partial charge in [-0.2, -0.15) is 0 Å². The summed E-state index contributed by atoms with van der Waals surface area (Å²) in [5, 5.41) is 0. The Kier molecular flexibility index (Phi) is 2.88. The van der Waals surface area contributed by atoms with Crippen molar-refractivity contribution in [3.05, 3.63) is 0 Å². The van der Waals surface area contributed by atoms with Crippen LogP contribution in [-0.2, 0) is 14.6 Å². The molecule has 0 radical (unpaired) electrons. The van der Waals surface area contributed by atoms with Gasteiger partial charge >= 0.3 is 0 Å². The maximum atomic E-state index is 11.2. The van der Waals surface area contributed by atoms with Gasteiger partial charge in [-0.05, 0) is 12.8 Å². The molecule has 0 aliphatic heterocycles. The number of carbonyl (C=O) groups is 1. The van der Waals surface area contributed by atoms with Crippen LogP contribution in [0.5, 0.6) is 0 Å². The molecule has 1 rings (SSSR count). The highest BCUT2D eigenvalue weighted by molar-refractivity contribution is 7.90. The van der Waals surface area contributed by atoms with E-state index in [0.717, 1.165) is 19.3 Å². The Morgan fingerprint density at radius 1 is 1.42 bits per heavy atom. The molecule has 1 fully saturated rings. The van der Waals surface area contributed by atoms with Crippen LogP contribution in [0.25, 0.3) is 0 Å². The fourth-order valence-corrected chi connectivity index (χ4v) is 2.68. The fourth-order valence-electron chi connectivity index (χ4n) is 1.60. The quantitative estimate of drug-likeness (QED) is 0.647. The Hall–Kier alpha value is -0.380. The van der Waals surface area contributed by atoms with Crippen LogP contribution in [0.1, 0.15) is 25.7 Å². The van der Waals surface area contributed by atoms with Crippen LogP contribution in [0.3, 0.4) is 0 Å². The summed E-state index contributed by atoms with van der Waals surface area (Å²) in [6.07, 6.45) is 4.44. The van der Waals surface area contributed by atoms with Gasteiger partial charge in [0.2, 0.25) is 0 Å². The van der Waals surface area contributed by atoms with Crippen molar-refractivity contribution in [3.63, 3.8) is 0 Å². The minimum atomic E-state index is -2.98. The van der Waals surface area contributed by atoms with Gasteiger partial charge in [0, 0.05) is 18.6 Å². The summed E-state index contributed by atoms with van der Waals surface area (Å²) in [6, 6.07) is 0. The number of sulfone groups is 1. The summed E-state index contributed by atoms with van der Waals surface area (Å²) in [6.45, 7) is 0. The number of hydrogen-bond donors (Lipinski definition) is 0. The Morgan fingerprint density at radius 3 is 2.58 bits per heavy atom. The lowest BCUT2D eigenvalue weighted by Crippen LogP contribution is -2.26. The first-order chi connectivity index (χ1) is 5.49. The van der Waals surface area contributed by atoms with Gasteiger partial charge in [-0.1, -0.05) is 6.42 Å². The second-order valence-corrected chi connectivity index (χ2v) is 5.69. The highest BCUT2D eigenvalue weighted by atomic mass is 32.2. The van der Waals surface area contributed by atoms with E-state index in [1.54, 1.807) is 0 Å². The monoisotopic (exact) mass is 190 g/mol. The number of rotatable bonds is 2. The molecule has 1 aliphatic carbocycles. The van der Waals surface area contributed by atoms with Crippen molar-refractivity contribution < 1.29 is 13.2 Å². The summed E-state index contributed by atoms with van der Waals surface area (Å²) in [4.78, 5) is 11.2. The van der Waals surface area contributed by atoms with Crippen LogP contribution in [0, 0.1) is 5.92 Å². The first kappa shape index (κ1) is 9.71. The molecule has 0 bridgehead atoms. The van der Waals surface area contributed by atoms with E-state index in [4.69, 9.17) is 0 Å². The van der Waals surface area contributed by atoms with Crippen LogP contribution in [0.2, 0.25) is 0 Å². The van der Waals surface area contributed by atoms with Crippen LogP contribution in [0.4, 0.5) is 0 Å². The second-order valence-electron chi connectivity index (χ2n) is 3.50. The smallest absolute Gasteiger partial charge is 0.148 e. The number of Topliss-reactive ketones (excluding diaryl/α,β-unsaturated/α-hetero) is 1. The van der Waals surface area contributed by atoms with Gasteiger partial charge in [-0.3, -0.25) is 4.79 Å². The summed E-state index contributed by atoms with van der Waals surface area (Å²) in [5.74, 6) is -0.0355. The molecular formula is C8H14O3S. The predicted octanol–water partition coefficient (Wildman–Crippen LogP) is 0.790. The molecule has 1 saturated carbocycles. The predicted molar refractivity (Wildman–Crippen MR) is 46.7 cm³/mol. The van der Waals surface area contributed by atoms with E-state index in [1.807, 2.05) is 0 Å². The van der Waals surface area contributed by atoms with Gasteiger partial charge in [-0.15, -0.1) is 0 Å². The van der Waals surface area contributed by atoms with E-state index in [2.05, 4.69) is 0 Å². The Morgan fingerprint density at radius 2 is 2.08 bits per heavy atom. The van der Waals surface area contributed by atoms with Gasteiger partial charge in [0.05, 0.1) is 5.75 Å². The molecule has 0 heterocycles. The molecule has 1 unspecified atom stereocenters. The van der Waals surface area contributed by atoms with Crippen molar-refractivity contribution in [2.75, 3.05) is 12.0 Å². The maximum Gasteiger partial charge on any atom is 0.148 e. The zero-order valence-electron chi connectivity index (χ0n) is 7.25. The van der Waals surface area contributed by atoms with Gasteiger partial charge in [0.15, 0.2) is 0 Å².